The van der Waals surface area contributed by atoms with Crippen LogP contribution in [0.25, 0.3) is 0 Å². The van der Waals surface area contributed by atoms with Gasteiger partial charge in [0.05, 0.1) is 16.7 Å². The number of halogens is 4. The lowest BCUT2D eigenvalue weighted by atomic mass is 9.69. The fourth-order valence-corrected chi connectivity index (χ4v) is 4.40. The van der Waals surface area contributed by atoms with Crippen LogP contribution in [-0.4, -0.2) is 44.9 Å². The summed E-state index contributed by atoms with van der Waals surface area (Å²) < 4.78 is 79.9. The summed E-state index contributed by atoms with van der Waals surface area (Å²) in [6.07, 6.45) is -4.56. The lowest BCUT2D eigenvalue weighted by Crippen LogP contribution is -2.42. The second-order valence-corrected chi connectivity index (χ2v) is 9.19. The molecule has 2 bridgehead atoms. The molecule has 11 heteroatoms. The normalized spacial score (nSPS) is 27.4. The number of hydrogen-bond acceptors (Lipinski definition) is 3. The van der Waals surface area contributed by atoms with E-state index in [1.165, 1.54) is 14.1 Å². The first-order valence-corrected chi connectivity index (χ1v) is 9.66. The molecule has 4 rings (SSSR count). The minimum absolute atomic E-state index is 0.0228. The number of nitrogens with one attached hydrogen (secondary N) is 2. The first-order valence-electron chi connectivity index (χ1n) is 8.22. The Kier molecular flexibility index (Phi) is 4.66. The Hall–Kier alpha value is -1.88. The van der Waals surface area contributed by atoms with Gasteiger partial charge in [0.1, 0.15) is 5.82 Å². The number of amides is 1. The first kappa shape index (κ1) is 19.9. The van der Waals surface area contributed by atoms with Crippen LogP contribution in [0.5, 0.6) is 0 Å². The quantitative estimate of drug-likeness (QED) is 0.734. The third kappa shape index (κ3) is 3.49. The van der Waals surface area contributed by atoms with Crippen LogP contribution >= 0.6 is 0 Å². The van der Waals surface area contributed by atoms with Crippen LogP contribution in [0.1, 0.15) is 29.6 Å². The maximum atomic E-state index is 13.5. The van der Waals surface area contributed by atoms with Crippen molar-refractivity contribution in [3.63, 3.8) is 0 Å². The lowest BCUT2D eigenvalue weighted by molar-refractivity contribution is -0.244. The summed E-state index contributed by atoms with van der Waals surface area (Å²) in [6.45, 7) is 0. The van der Waals surface area contributed by atoms with E-state index in [1.807, 2.05) is 0 Å². The highest BCUT2D eigenvalue weighted by molar-refractivity contribution is 7.90. The zero-order chi connectivity index (χ0) is 20.2. The fourth-order valence-electron chi connectivity index (χ4n) is 3.77. The average molecular weight is 409 g/mol. The average Bonchev–Trinajstić information content (AvgIpc) is 3.01. The largest absolute Gasteiger partial charge is 0.394 e. The molecule has 1 aromatic rings. The van der Waals surface area contributed by atoms with Crippen LogP contribution in [0.4, 0.5) is 23.2 Å². The molecule has 1 atom stereocenters. The molecule has 3 fully saturated rings. The second-order valence-electron chi connectivity index (χ2n) is 7.31. The van der Waals surface area contributed by atoms with Gasteiger partial charge in [0.15, 0.2) is 0 Å². The van der Waals surface area contributed by atoms with Crippen LogP contribution in [0.15, 0.2) is 18.2 Å². The Morgan fingerprint density at radius 1 is 1.22 bits per heavy atom. The predicted molar refractivity (Wildman–Crippen MR) is 89.7 cm³/mol. The van der Waals surface area contributed by atoms with Crippen molar-refractivity contribution >= 4 is 21.8 Å². The van der Waals surface area contributed by atoms with Crippen LogP contribution in [0.3, 0.4) is 0 Å². The highest BCUT2D eigenvalue weighted by Gasteiger charge is 2.69. The van der Waals surface area contributed by atoms with E-state index in [-0.39, 0.29) is 36.4 Å². The maximum absolute atomic E-state index is 13.5. The maximum Gasteiger partial charge on any atom is 0.394 e. The molecular weight excluding hydrogens is 390 g/mol. The molecule has 150 valence electrons. The van der Waals surface area contributed by atoms with Crippen LogP contribution in [-0.2, 0) is 10.2 Å². The number of carbonyl (C=O) groups excluding carboxylic acids is 1. The van der Waals surface area contributed by atoms with E-state index in [0.29, 0.717) is 0 Å². The molecule has 1 unspecified atom stereocenters. The summed E-state index contributed by atoms with van der Waals surface area (Å²) in [6, 6.07) is 2.27. The summed E-state index contributed by atoms with van der Waals surface area (Å²) >= 11 is 0. The topological polar surface area (TPSA) is 78.5 Å². The summed E-state index contributed by atoms with van der Waals surface area (Å²) in [5, 5.41) is 2.55. The number of anilines is 1. The predicted octanol–water partition coefficient (Wildman–Crippen LogP) is 2.50. The number of benzene rings is 1. The Morgan fingerprint density at radius 2 is 1.85 bits per heavy atom. The van der Waals surface area contributed by atoms with Crippen molar-refractivity contribution in [1.82, 2.24) is 9.62 Å². The second kappa shape index (κ2) is 6.33. The van der Waals surface area contributed by atoms with Crippen molar-refractivity contribution in [2.45, 2.75) is 31.5 Å². The zero-order valence-corrected chi connectivity index (χ0v) is 15.4. The number of carbonyl (C=O) groups is 1. The van der Waals surface area contributed by atoms with Crippen LogP contribution < -0.4 is 10.0 Å². The SMILES string of the molecule is CN(C)S(=O)(=O)Nc1cc(F)ccc1C(=O)NC1CC2(C(F)(F)F)CC1C2. The van der Waals surface area contributed by atoms with E-state index < -0.39 is 39.6 Å². The third-order valence-corrected chi connectivity index (χ3v) is 6.79. The van der Waals surface area contributed by atoms with E-state index in [2.05, 4.69) is 10.0 Å². The first-order chi connectivity index (χ1) is 12.3. The van der Waals surface area contributed by atoms with Crippen molar-refractivity contribution in [3.8, 4) is 0 Å². The monoisotopic (exact) mass is 409 g/mol. The van der Waals surface area contributed by atoms with Crippen molar-refractivity contribution in [1.29, 1.82) is 0 Å². The minimum Gasteiger partial charge on any atom is -0.349 e. The Balaban J connectivity index is 1.79. The number of fused-ring (bicyclic) bond motifs is 1. The van der Waals surface area contributed by atoms with E-state index >= 15 is 0 Å². The van der Waals surface area contributed by atoms with E-state index in [1.54, 1.807) is 0 Å². The standard InChI is InChI=1S/C16H19F4N3O3S/c1-23(2)27(25,26)22-12-5-10(17)3-4-11(12)14(24)21-13-8-15(16(18,19)20)6-9(13)7-15/h3-5,9,13,22H,6-8H2,1-2H3,(H,21,24). The van der Waals surface area contributed by atoms with Gasteiger partial charge in [-0.3, -0.25) is 9.52 Å². The van der Waals surface area contributed by atoms with Gasteiger partial charge in [0, 0.05) is 20.1 Å². The summed E-state index contributed by atoms with van der Waals surface area (Å²) in [7, 11) is -1.49. The van der Waals surface area contributed by atoms with Crippen LogP contribution in [0.2, 0.25) is 0 Å². The molecule has 3 aliphatic rings. The summed E-state index contributed by atoms with van der Waals surface area (Å²) in [5.74, 6) is -1.78. The van der Waals surface area contributed by atoms with Gasteiger partial charge >= 0.3 is 16.4 Å². The molecule has 0 aliphatic heterocycles. The summed E-state index contributed by atoms with van der Waals surface area (Å²) in [4.78, 5) is 12.5. The fraction of sp³-hybridized carbons (Fsp3) is 0.562. The molecule has 1 aromatic carbocycles. The van der Waals surface area contributed by atoms with Gasteiger partial charge in [-0.15, -0.1) is 0 Å². The van der Waals surface area contributed by atoms with Crippen molar-refractivity contribution in [2.75, 3.05) is 18.8 Å². The highest BCUT2D eigenvalue weighted by Crippen LogP contribution is 2.65. The molecule has 3 aliphatic carbocycles. The van der Waals surface area contributed by atoms with E-state index in [0.717, 1.165) is 22.5 Å². The van der Waals surface area contributed by atoms with Crippen molar-refractivity contribution in [3.05, 3.63) is 29.6 Å². The molecule has 0 radical (unpaired) electrons. The smallest absolute Gasteiger partial charge is 0.349 e. The van der Waals surface area contributed by atoms with Gasteiger partial charge in [-0.05, 0) is 43.4 Å². The van der Waals surface area contributed by atoms with E-state index in [9.17, 15) is 30.8 Å². The molecule has 0 heterocycles. The van der Waals surface area contributed by atoms with Gasteiger partial charge in [0.25, 0.3) is 5.91 Å². The molecular formula is C16H19F4N3O3S. The molecule has 3 saturated carbocycles. The third-order valence-electron chi connectivity index (χ3n) is 5.35. The highest BCUT2D eigenvalue weighted by atomic mass is 32.2. The van der Waals surface area contributed by atoms with Gasteiger partial charge in [0.2, 0.25) is 0 Å². The number of nitrogens with zero attached hydrogens (tertiary/aromatic N) is 1. The number of hydrogen-bond donors (Lipinski definition) is 2. The van der Waals surface area contributed by atoms with Crippen molar-refractivity contribution < 1.29 is 30.8 Å². The molecule has 6 nitrogen and oxygen atoms in total. The van der Waals surface area contributed by atoms with Gasteiger partial charge in [-0.2, -0.15) is 25.9 Å². The molecule has 0 spiro atoms. The molecule has 27 heavy (non-hydrogen) atoms. The Bertz CT molecular complexity index is 864. The van der Waals surface area contributed by atoms with Gasteiger partial charge in [-0.1, -0.05) is 0 Å². The zero-order valence-electron chi connectivity index (χ0n) is 14.6. The summed E-state index contributed by atoms with van der Waals surface area (Å²) in [5.41, 5.74) is -2.18. The lowest BCUT2D eigenvalue weighted by Gasteiger charge is -2.39. The molecule has 0 saturated heterocycles. The molecule has 1 amide bonds. The van der Waals surface area contributed by atoms with Gasteiger partial charge < -0.3 is 5.32 Å². The number of rotatable bonds is 5. The van der Waals surface area contributed by atoms with Gasteiger partial charge in [-0.25, -0.2) is 4.39 Å². The molecule has 0 aromatic heterocycles. The minimum atomic E-state index is -4.31. The molecule has 2 N–H and O–H groups in total. The van der Waals surface area contributed by atoms with Crippen molar-refractivity contribution in [2.24, 2.45) is 11.3 Å². The Labute approximate surface area is 154 Å². The van der Waals surface area contributed by atoms with Crippen LogP contribution in [0, 0.1) is 17.2 Å². The Morgan fingerprint density at radius 3 is 2.37 bits per heavy atom. The van der Waals surface area contributed by atoms with E-state index in [4.69, 9.17) is 0 Å². The number of alkyl halides is 3.